The van der Waals surface area contributed by atoms with Crippen LogP contribution in [-0.4, -0.2) is 11.0 Å². The van der Waals surface area contributed by atoms with Gasteiger partial charge < -0.3 is 11.1 Å². The number of halogens is 1. The van der Waals surface area contributed by atoms with Crippen molar-refractivity contribution in [2.75, 3.05) is 5.32 Å². The largest absolute Gasteiger partial charge is 0.389 e. The first kappa shape index (κ1) is 14.6. The van der Waals surface area contributed by atoms with Crippen LogP contribution in [0.15, 0.2) is 18.2 Å². The summed E-state index contributed by atoms with van der Waals surface area (Å²) in [7, 11) is 0. The van der Waals surface area contributed by atoms with E-state index in [0.29, 0.717) is 22.0 Å². The molecule has 1 saturated carbocycles. The van der Waals surface area contributed by atoms with Gasteiger partial charge in [-0.1, -0.05) is 50.0 Å². The summed E-state index contributed by atoms with van der Waals surface area (Å²) in [6.07, 6.45) is 6.46. The molecular formula is C15H21ClN2S. The van der Waals surface area contributed by atoms with E-state index < -0.39 is 0 Å². The Morgan fingerprint density at radius 3 is 2.79 bits per heavy atom. The first-order valence-corrected chi connectivity index (χ1v) is 7.72. The molecule has 104 valence electrons. The molecule has 0 heterocycles. The molecule has 0 spiro atoms. The highest BCUT2D eigenvalue weighted by Crippen LogP contribution is 2.28. The summed E-state index contributed by atoms with van der Waals surface area (Å²) in [5, 5.41) is 4.29. The standard InChI is InChI=1S/C15H21ClN2S/c1-10-5-3-2-4-6-13(10)18-14-8-7-11(16)9-12(14)15(17)19/h7-10,13,18H,2-6H2,1H3,(H2,17,19). The van der Waals surface area contributed by atoms with Crippen LogP contribution in [0, 0.1) is 5.92 Å². The van der Waals surface area contributed by atoms with E-state index in [1.165, 1.54) is 32.1 Å². The van der Waals surface area contributed by atoms with Crippen LogP contribution in [0.5, 0.6) is 0 Å². The Morgan fingerprint density at radius 1 is 1.32 bits per heavy atom. The number of rotatable bonds is 3. The summed E-state index contributed by atoms with van der Waals surface area (Å²) in [6.45, 7) is 2.32. The molecule has 1 aromatic rings. The Bertz CT molecular complexity index is 461. The number of hydrogen-bond donors (Lipinski definition) is 2. The smallest absolute Gasteiger partial charge is 0.106 e. The lowest BCUT2D eigenvalue weighted by Gasteiger charge is -2.25. The van der Waals surface area contributed by atoms with Gasteiger partial charge in [0.1, 0.15) is 4.99 Å². The number of anilines is 1. The number of benzene rings is 1. The van der Waals surface area contributed by atoms with Crippen LogP contribution in [0.4, 0.5) is 5.69 Å². The maximum Gasteiger partial charge on any atom is 0.106 e. The van der Waals surface area contributed by atoms with Crippen LogP contribution < -0.4 is 11.1 Å². The molecule has 2 unspecified atom stereocenters. The third-order valence-electron chi connectivity index (χ3n) is 3.95. The minimum Gasteiger partial charge on any atom is -0.389 e. The minimum atomic E-state index is 0.395. The van der Waals surface area contributed by atoms with Crippen LogP contribution in [0.2, 0.25) is 5.02 Å². The Hall–Kier alpha value is -0.800. The van der Waals surface area contributed by atoms with Crippen LogP contribution in [0.3, 0.4) is 0 Å². The molecule has 2 rings (SSSR count). The van der Waals surface area contributed by atoms with E-state index >= 15 is 0 Å². The van der Waals surface area contributed by atoms with Crippen molar-refractivity contribution in [2.24, 2.45) is 11.7 Å². The number of thiocarbonyl (C=S) groups is 1. The van der Waals surface area contributed by atoms with Gasteiger partial charge in [0.25, 0.3) is 0 Å². The Kier molecular flexibility index (Phi) is 5.06. The molecule has 0 saturated heterocycles. The van der Waals surface area contributed by atoms with Crippen molar-refractivity contribution >= 4 is 34.5 Å². The van der Waals surface area contributed by atoms with Gasteiger partial charge in [0, 0.05) is 22.3 Å². The second-order valence-electron chi connectivity index (χ2n) is 5.42. The van der Waals surface area contributed by atoms with E-state index in [-0.39, 0.29) is 0 Å². The molecule has 4 heteroatoms. The topological polar surface area (TPSA) is 38.0 Å². The first-order chi connectivity index (χ1) is 9.08. The van der Waals surface area contributed by atoms with E-state index in [1.54, 1.807) is 0 Å². The maximum absolute atomic E-state index is 6.02. The van der Waals surface area contributed by atoms with Gasteiger partial charge in [0.05, 0.1) is 0 Å². The first-order valence-electron chi connectivity index (χ1n) is 6.94. The average Bonchev–Trinajstić information content (AvgIpc) is 2.57. The van der Waals surface area contributed by atoms with E-state index in [0.717, 1.165) is 11.3 Å². The Labute approximate surface area is 125 Å². The predicted molar refractivity (Wildman–Crippen MR) is 87.0 cm³/mol. The van der Waals surface area contributed by atoms with Crippen molar-refractivity contribution in [3.8, 4) is 0 Å². The number of nitrogens with one attached hydrogen (secondary N) is 1. The molecular weight excluding hydrogens is 276 g/mol. The lowest BCUT2D eigenvalue weighted by Crippen LogP contribution is -2.27. The Balaban J connectivity index is 2.19. The van der Waals surface area contributed by atoms with Gasteiger partial charge in [0.15, 0.2) is 0 Å². The van der Waals surface area contributed by atoms with Crippen molar-refractivity contribution in [1.82, 2.24) is 0 Å². The van der Waals surface area contributed by atoms with Gasteiger partial charge in [-0.25, -0.2) is 0 Å². The number of nitrogens with two attached hydrogens (primary N) is 1. The molecule has 0 radical (unpaired) electrons. The van der Waals surface area contributed by atoms with Crippen LogP contribution in [0.1, 0.15) is 44.6 Å². The summed E-state index contributed by atoms with van der Waals surface area (Å²) in [6, 6.07) is 6.20. The highest BCUT2D eigenvalue weighted by molar-refractivity contribution is 7.80. The molecule has 19 heavy (non-hydrogen) atoms. The molecule has 1 aromatic carbocycles. The quantitative estimate of drug-likeness (QED) is 0.643. The van der Waals surface area contributed by atoms with Gasteiger partial charge in [0.2, 0.25) is 0 Å². The zero-order valence-electron chi connectivity index (χ0n) is 11.3. The van der Waals surface area contributed by atoms with Gasteiger partial charge >= 0.3 is 0 Å². The highest BCUT2D eigenvalue weighted by Gasteiger charge is 2.20. The van der Waals surface area contributed by atoms with Gasteiger partial charge in [-0.05, 0) is 37.0 Å². The van der Waals surface area contributed by atoms with Crippen LogP contribution in [0.25, 0.3) is 0 Å². The van der Waals surface area contributed by atoms with Crippen LogP contribution >= 0.6 is 23.8 Å². The molecule has 2 atom stereocenters. The fourth-order valence-electron chi connectivity index (χ4n) is 2.75. The second-order valence-corrected chi connectivity index (χ2v) is 6.30. The normalized spacial score (nSPS) is 23.7. The molecule has 1 aliphatic carbocycles. The molecule has 0 bridgehead atoms. The third-order valence-corrected chi connectivity index (χ3v) is 4.40. The predicted octanol–water partition coefficient (Wildman–Crippen LogP) is 4.35. The van der Waals surface area contributed by atoms with Gasteiger partial charge in [-0.15, -0.1) is 0 Å². The second kappa shape index (κ2) is 6.58. The van der Waals surface area contributed by atoms with Gasteiger partial charge in [-0.2, -0.15) is 0 Å². The minimum absolute atomic E-state index is 0.395. The maximum atomic E-state index is 6.02. The molecule has 1 fully saturated rings. The van der Waals surface area contributed by atoms with Crippen molar-refractivity contribution < 1.29 is 0 Å². The van der Waals surface area contributed by atoms with Crippen molar-refractivity contribution in [2.45, 2.75) is 45.1 Å². The lowest BCUT2D eigenvalue weighted by atomic mass is 9.96. The van der Waals surface area contributed by atoms with Crippen LogP contribution in [-0.2, 0) is 0 Å². The van der Waals surface area contributed by atoms with Gasteiger partial charge in [-0.3, -0.25) is 0 Å². The fraction of sp³-hybridized carbons (Fsp3) is 0.533. The third kappa shape index (κ3) is 3.83. The number of hydrogen-bond acceptors (Lipinski definition) is 2. The highest BCUT2D eigenvalue weighted by atomic mass is 35.5. The van der Waals surface area contributed by atoms with Crippen molar-refractivity contribution in [3.63, 3.8) is 0 Å². The molecule has 0 aliphatic heterocycles. The fourth-order valence-corrected chi connectivity index (χ4v) is 3.09. The van der Waals surface area contributed by atoms with E-state index in [4.69, 9.17) is 29.6 Å². The Morgan fingerprint density at radius 2 is 2.05 bits per heavy atom. The summed E-state index contributed by atoms with van der Waals surface area (Å²) in [5.74, 6) is 0.678. The van der Waals surface area contributed by atoms with Crippen molar-refractivity contribution in [1.29, 1.82) is 0 Å². The van der Waals surface area contributed by atoms with E-state index in [9.17, 15) is 0 Å². The summed E-state index contributed by atoms with van der Waals surface area (Å²) < 4.78 is 0. The lowest BCUT2D eigenvalue weighted by molar-refractivity contribution is 0.456. The molecule has 1 aliphatic rings. The van der Waals surface area contributed by atoms with Crippen molar-refractivity contribution in [3.05, 3.63) is 28.8 Å². The SMILES string of the molecule is CC1CCCCCC1Nc1ccc(Cl)cc1C(N)=S. The van der Waals surface area contributed by atoms with E-state index in [2.05, 4.69) is 12.2 Å². The zero-order chi connectivity index (χ0) is 13.8. The monoisotopic (exact) mass is 296 g/mol. The summed E-state index contributed by atoms with van der Waals surface area (Å²) in [4.78, 5) is 0.395. The average molecular weight is 297 g/mol. The zero-order valence-corrected chi connectivity index (χ0v) is 12.9. The van der Waals surface area contributed by atoms with E-state index in [1.807, 2.05) is 18.2 Å². The summed E-state index contributed by atoms with van der Waals surface area (Å²) >= 11 is 11.1. The molecule has 2 nitrogen and oxygen atoms in total. The molecule has 0 aromatic heterocycles. The summed E-state index contributed by atoms with van der Waals surface area (Å²) in [5.41, 5.74) is 7.64. The molecule has 0 amide bonds. The molecule has 3 N–H and O–H groups in total.